The van der Waals surface area contributed by atoms with Crippen LogP contribution in [0.25, 0.3) is 0 Å². The Morgan fingerprint density at radius 1 is 1.77 bits per heavy atom. The van der Waals surface area contributed by atoms with Crippen molar-refractivity contribution in [3.8, 4) is 0 Å². The second kappa shape index (κ2) is 6.19. The maximum atomic E-state index is 10.7. The topological polar surface area (TPSA) is 83.6 Å². The van der Waals surface area contributed by atoms with Crippen molar-refractivity contribution in [1.29, 1.82) is 0 Å². The van der Waals surface area contributed by atoms with Crippen molar-refractivity contribution in [3.63, 3.8) is 0 Å². The summed E-state index contributed by atoms with van der Waals surface area (Å²) in [5.41, 5.74) is 4.57. The number of carbonyl (C=O) groups excluding carboxylic acids is 1. The first-order valence-electron chi connectivity index (χ1n) is 3.95. The van der Waals surface area contributed by atoms with Gasteiger partial charge in [0.15, 0.2) is 0 Å². The first kappa shape index (κ1) is 11.6. The molecule has 0 spiro atoms. The van der Waals surface area contributed by atoms with Crippen LogP contribution in [0.2, 0.25) is 0 Å². The normalized spacial score (nSPS) is 14.8. The van der Waals surface area contributed by atoms with Crippen molar-refractivity contribution in [3.05, 3.63) is 12.8 Å². The molecule has 0 bridgehead atoms. The molecule has 3 N–H and O–H groups in total. The van der Waals surface area contributed by atoms with Gasteiger partial charge in [0.25, 0.3) is 0 Å². The lowest BCUT2D eigenvalue weighted by Gasteiger charge is -2.05. The lowest BCUT2D eigenvalue weighted by Crippen LogP contribution is -2.16. The number of carbonyl (C=O) groups is 2. The van der Waals surface area contributed by atoms with Gasteiger partial charge in [-0.25, -0.2) is 0 Å². The molecule has 5 heteroatoms. The molecule has 0 radical (unpaired) electrons. The van der Waals surface area contributed by atoms with Gasteiger partial charge in [0.05, 0.1) is 6.54 Å². The zero-order valence-electron chi connectivity index (χ0n) is 7.40. The molecule has 1 heterocycles. The molecule has 13 heavy (non-hydrogen) atoms. The number of aliphatic carboxylic acids is 1. The van der Waals surface area contributed by atoms with E-state index in [0.29, 0.717) is 6.42 Å². The van der Waals surface area contributed by atoms with Gasteiger partial charge in [0.1, 0.15) is 0 Å². The van der Waals surface area contributed by atoms with E-state index < -0.39 is 5.97 Å². The zero-order valence-corrected chi connectivity index (χ0v) is 7.40. The highest BCUT2D eigenvalue weighted by Gasteiger charge is 2.15. The summed E-state index contributed by atoms with van der Waals surface area (Å²) in [5.74, 6) is -0.759. The van der Waals surface area contributed by atoms with Crippen molar-refractivity contribution < 1.29 is 14.7 Å². The average molecular weight is 186 g/mol. The van der Waals surface area contributed by atoms with Gasteiger partial charge in [0.2, 0.25) is 5.91 Å². The Morgan fingerprint density at radius 2 is 2.31 bits per heavy atom. The maximum absolute atomic E-state index is 10.7. The van der Waals surface area contributed by atoms with E-state index in [4.69, 9.17) is 5.11 Å². The molecule has 1 rings (SSSR count). The standard InChI is InChI=1S/C6H9NO.C2H5NO2/c1-2-7-5-3-4-6(7)8;3-1-2(4)5/h2H,1,3-5H2;1,3H2,(H,4,5). The molecule has 1 fully saturated rings. The Kier molecular flexibility index (Phi) is 5.54. The predicted molar refractivity (Wildman–Crippen MR) is 47.8 cm³/mol. The van der Waals surface area contributed by atoms with Crippen LogP contribution in [0.4, 0.5) is 0 Å². The van der Waals surface area contributed by atoms with E-state index in [1.807, 2.05) is 0 Å². The van der Waals surface area contributed by atoms with Crippen LogP contribution in [0.15, 0.2) is 12.8 Å². The third-order valence-corrected chi connectivity index (χ3v) is 1.51. The predicted octanol–water partition coefficient (Wildman–Crippen LogP) is -0.218. The lowest BCUT2D eigenvalue weighted by atomic mass is 10.4. The monoisotopic (exact) mass is 186 g/mol. The summed E-state index contributed by atoms with van der Waals surface area (Å²) in [4.78, 5) is 21.6. The number of carboxylic acids is 1. The molecule has 0 atom stereocenters. The number of amides is 1. The minimum absolute atomic E-state index is 0.208. The molecule has 1 aliphatic rings. The van der Waals surface area contributed by atoms with Crippen LogP contribution in [0.3, 0.4) is 0 Å². The number of hydrogen-bond donors (Lipinski definition) is 2. The summed E-state index contributed by atoms with van der Waals surface area (Å²) in [5, 5.41) is 7.60. The number of carboxylic acid groups (broad SMARTS) is 1. The first-order valence-corrected chi connectivity index (χ1v) is 3.95. The molecule has 5 nitrogen and oxygen atoms in total. The molecule has 0 saturated carbocycles. The van der Waals surface area contributed by atoms with E-state index in [9.17, 15) is 9.59 Å². The molecule has 0 aromatic heterocycles. The lowest BCUT2D eigenvalue weighted by molar-refractivity contribution is -0.135. The molecule has 1 saturated heterocycles. The summed E-state index contributed by atoms with van der Waals surface area (Å²) in [6.07, 6.45) is 3.28. The second-order valence-corrected chi connectivity index (χ2v) is 2.47. The number of hydrogen-bond acceptors (Lipinski definition) is 3. The van der Waals surface area contributed by atoms with Crippen molar-refractivity contribution in [2.24, 2.45) is 5.73 Å². The average Bonchev–Trinajstić information content (AvgIpc) is 2.52. The molecule has 0 aromatic carbocycles. The number of nitrogens with two attached hydrogens (primary N) is 1. The SMILES string of the molecule is C=CN1CCCC1=O.NCC(=O)O. The van der Waals surface area contributed by atoms with Gasteiger partial charge in [0, 0.05) is 13.0 Å². The quantitative estimate of drug-likeness (QED) is 0.624. The van der Waals surface area contributed by atoms with E-state index in [-0.39, 0.29) is 12.5 Å². The molecule has 1 amide bonds. The highest BCUT2D eigenvalue weighted by Crippen LogP contribution is 2.08. The number of likely N-dealkylation sites (tertiary alicyclic amines) is 1. The van der Waals surface area contributed by atoms with Crippen LogP contribution >= 0.6 is 0 Å². The summed E-state index contributed by atoms with van der Waals surface area (Å²) >= 11 is 0. The van der Waals surface area contributed by atoms with Gasteiger partial charge < -0.3 is 15.7 Å². The van der Waals surface area contributed by atoms with Gasteiger partial charge in [-0.05, 0) is 12.6 Å². The molecule has 0 aromatic rings. The molecular weight excluding hydrogens is 172 g/mol. The fourth-order valence-electron chi connectivity index (χ4n) is 0.862. The van der Waals surface area contributed by atoms with E-state index in [2.05, 4.69) is 12.3 Å². The number of rotatable bonds is 2. The van der Waals surface area contributed by atoms with Crippen molar-refractivity contribution in [2.75, 3.05) is 13.1 Å². The molecule has 0 unspecified atom stereocenters. The molecular formula is C8H14N2O3. The first-order chi connectivity index (χ1) is 6.11. The summed E-state index contributed by atoms with van der Waals surface area (Å²) in [7, 11) is 0. The van der Waals surface area contributed by atoms with Gasteiger partial charge in [-0.1, -0.05) is 6.58 Å². The number of nitrogens with zero attached hydrogens (tertiary/aromatic N) is 1. The van der Waals surface area contributed by atoms with Crippen LogP contribution in [0.1, 0.15) is 12.8 Å². The summed E-state index contributed by atoms with van der Waals surface area (Å²) in [6, 6.07) is 0. The highest BCUT2D eigenvalue weighted by molar-refractivity contribution is 5.78. The van der Waals surface area contributed by atoms with E-state index in [1.54, 1.807) is 11.1 Å². The van der Waals surface area contributed by atoms with Crippen LogP contribution in [0, 0.1) is 0 Å². The molecule has 1 aliphatic heterocycles. The molecule has 74 valence electrons. The zero-order chi connectivity index (χ0) is 10.3. The Labute approximate surface area is 76.8 Å². The van der Waals surface area contributed by atoms with Gasteiger partial charge in [-0.3, -0.25) is 9.59 Å². The van der Waals surface area contributed by atoms with E-state index in [1.165, 1.54) is 0 Å². The Hall–Kier alpha value is -1.36. The van der Waals surface area contributed by atoms with Gasteiger partial charge in [-0.2, -0.15) is 0 Å². The third kappa shape index (κ3) is 4.97. The van der Waals surface area contributed by atoms with E-state index >= 15 is 0 Å². The third-order valence-electron chi connectivity index (χ3n) is 1.51. The minimum atomic E-state index is -0.968. The molecule has 0 aliphatic carbocycles. The van der Waals surface area contributed by atoms with Crippen LogP contribution in [-0.4, -0.2) is 35.0 Å². The summed E-state index contributed by atoms with van der Waals surface area (Å²) < 4.78 is 0. The second-order valence-electron chi connectivity index (χ2n) is 2.47. The van der Waals surface area contributed by atoms with Crippen LogP contribution in [-0.2, 0) is 9.59 Å². The Bertz CT molecular complexity index is 204. The summed E-state index contributed by atoms with van der Waals surface area (Å²) in [6.45, 7) is 4.08. The van der Waals surface area contributed by atoms with Crippen LogP contribution in [0.5, 0.6) is 0 Å². The Balaban J connectivity index is 0.000000252. The van der Waals surface area contributed by atoms with Crippen molar-refractivity contribution >= 4 is 11.9 Å². The fourth-order valence-corrected chi connectivity index (χ4v) is 0.862. The smallest absolute Gasteiger partial charge is 0.317 e. The van der Waals surface area contributed by atoms with Crippen molar-refractivity contribution in [2.45, 2.75) is 12.8 Å². The van der Waals surface area contributed by atoms with E-state index in [0.717, 1.165) is 13.0 Å². The maximum Gasteiger partial charge on any atom is 0.317 e. The van der Waals surface area contributed by atoms with Gasteiger partial charge in [-0.15, -0.1) is 0 Å². The van der Waals surface area contributed by atoms with Gasteiger partial charge >= 0.3 is 5.97 Å². The van der Waals surface area contributed by atoms with Crippen molar-refractivity contribution in [1.82, 2.24) is 4.90 Å². The largest absolute Gasteiger partial charge is 0.480 e. The van der Waals surface area contributed by atoms with Crippen LogP contribution < -0.4 is 5.73 Å². The fraction of sp³-hybridized carbons (Fsp3) is 0.500. The minimum Gasteiger partial charge on any atom is -0.480 e. The Morgan fingerprint density at radius 3 is 2.46 bits per heavy atom. The highest BCUT2D eigenvalue weighted by atomic mass is 16.4.